The molecule has 1 saturated carbocycles. The summed E-state index contributed by atoms with van der Waals surface area (Å²) in [5.74, 6) is 0. The van der Waals surface area contributed by atoms with Crippen molar-refractivity contribution >= 4 is 37.1 Å². The number of anilines is 1. The molecule has 12 heteroatoms. The van der Waals surface area contributed by atoms with Crippen molar-refractivity contribution in [3.8, 4) is 11.3 Å². The van der Waals surface area contributed by atoms with Crippen molar-refractivity contribution in [2.24, 2.45) is 0 Å². The maximum atomic E-state index is 13.5. The number of aromatic nitrogens is 2. The number of thiophene rings is 1. The average Bonchev–Trinajstić information content (AvgIpc) is 3.66. The number of benzene rings is 1. The summed E-state index contributed by atoms with van der Waals surface area (Å²) in [7, 11) is 0.0941. The van der Waals surface area contributed by atoms with Gasteiger partial charge in [0.15, 0.2) is 5.60 Å². The molecule has 0 radical (unpaired) electrons. The molecule has 0 saturated heterocycles. The lowest BCUT2D eigenvalue weighted by Crippen LogP contribution is -2.39. The second-order valence-electron chi connectivity index (χ2n) is 9.97. The van der Waals surface area contributed by atoms with Crippen molar-refractivity contribution in [2.45, 2.75) is 42.8 Å². The molecule has 0 aliphatic heterocycles. The van der Waals surface area contributed by atoms with Crippen molar-refractivity contribution < 1.29 is 26.7 Å². The molecule has 4 aromatic rings. The van der Waals surface area contributed by atoms with Crippen molar-refractivity contribution in [2.75, 3.05) is 19.0 Å². The van der Waals surface area contributed by atoms with Crippen LogP contribution in [0.1, 0.15) is 41.9 Å². The average molecular weight is 577 g/mol. The van der Waals surface area contributed by atoms with E-state index >= 15 is 0 Å². The molecular formula is C27H27F3N4O3S2. The Morgan fingerprint density at radius 2 is 1.82 bits per heavy atom. The minimum Gasteiger partial charge on any atom is -0.376 e. The van der Waals surface area contributed by atoms with E-state index < -0.39 is 33.1 Å². The Morgan fingerprint density at radius 1 is 1.08 bits per heavy atom. The number of pyridine rings is 2. The lowest BCUT2D eigenvalue weighted by Gasteiger charge is -2.26. The molecule has 7 nitrogen and oxygen atoms in total. The van der Waals surface area contributed by atoms with Crippen LogP contribution in [0.25, 0.3) is 21.3 Å². The fourth-order valence-electron chi connectivity index (χ4n) is 4.37. The van der Waals surface area contributed by atoms with E-state index in [9.17, 15) is 26.7 Å². The molecule has 3 heterocycles. The number of nitrogens with zero attached hydrogens (tertiary/aromatic N) is 3. The van der Waals surface area contributed by atoms with Crippen LogP contribution in [0.15, 0.2) is 60.9 Å². The highest BCUT2D eigenvalue weighted by atomic mass is 32.2. The second-order valence-corrected chi connectivity index (χ2v) is 13.0. The summed E-state index contributed by atoms with van der Waals surface area (Å²) in [5, 5.41) is 10.6. The van der Waals surface area contributed by atoms with E-state index in [0.29, 0.717) is 35.9 Å². The SMILES string of the molecule is CN(C)c1cccnc1C(NS(=O)(=O)C1CC1)c1cc2cccc(-c3cc([C@@](C)(O)C(F)(F)F)ccn3)c2s1. The Kier molecular flexibility index (Phi) is 6.94. The van der Waals surface area contributed by atoms with Gasteiger partial charge in [0.1, 0.15) is 6.04 Å². The Labute approximate surface area is 228 Å². The minimum absolute atomic E-state index is 0.262. The van der Waals surface area contributed by atoms with Crippen LogP contribution in [-0.2, 0) is 15.6 Å². The predicted molar refractivity (Wildman–Crippen MR) is 146 cm³/mol. The zero-order valence-corrected chi connectivity index (χ0v) is 23.0. The molecule has 1 aromatic carbocycles. The number of alkyl halides is 3. The van der Waals surface area contributed by atoms with Crippen LogP contribution in [-0.4, -0.2) is 49.0 Å². The normalized spacial score (nSPS) is 16.7. The third-order valence-corrected chi connectivity index (χ3v) is 9.98. The van der Waals surface area contributed by atoms with E-state index in [1.807, 2.05) is 37.2 Å². The number of hydrogen-bond donors (Lipinski definition) is 2. The van der Waals surface area contributed by atoms with Gasteiger partial charge in [-0.15, -0.1) is 11.3 Å². The van der Waals surface area contributed by atoms with Gasteiger partial charge in [-0.1, -0.05) is 18.2 Å². The first-order valence-electron chi connectivity index (χ1n) is 12.2. The number of sulfonamides is 1. The Balaban J connectivity index is 1.64. The van der Waals surface area contributed by atoms with Gasteiger partial charge in [0.25, 0.3) is 0 Å². The molecule has 2 N–H and O–H groups in total. The summed E-state index contributed by atoms with van der Waals surface area (Å²) in [5.41, 5.74) is -1.25. The smallest absolute Gasteiger partial charge is 0.376 e. The van der Waals surface area contributed by atoms with Gasteiger partial charge in [0.05, 0.1) is 22.3 Å². The van der Waals surface area contributed by atoms with Crippen LogP contribution >= 0.6 is 11.3 Å². The summed E-state index contributed by atoms with van der Waals surface area (Å²) in [6, 6.07) is 12.5. The van der Waals surface area contributed by atoms with E-state index in [-0.39, 0.29) is 11.3 Å². The van der Waals surface area contributed by atoms with Gasteiger partial charge in [-0.2, -0.15) is 13.2 Å². The first-order chi connectivity index (χ1) is 18.3. The molecule has 39 heavy (non-hydrogen) atoms. The molecule has 1 aliphatic rings. The van der Waals surface area contributed by atoms with Crippen molar-refractivity contribution in [1.29, 1.82) is 0 Å². The number of aliphatic hydroxyl groups is 1. The largest absolute Gasteiger partial charge is 0.421 e. The molecule has 3 aromatic heterocycles. The Bertz CT molecular complexity index is 1630. The van der Waals surface area contributed by atoms with Crippen LogP contribution in [0.5, 0.6) is 0 Å². The lowest BCUT2D eigenvalue weighted by atomic mass is 9.94. The molecule has 1 unspecified atom stereocenters. The first-order valence-corrected chi connectivity index (χ1v) is 14.6. The molecule has 0 amide bonds. The zero-order chi connectivity index (χ0) is 28.2. The topological polar surface area (TPSA) is 95.4 Å². The molecular weight excluding hydrogens is 549 g/mol. The number of hydrogen-bond acceptors (Lipinski definition) is 7. The number of fused-ring (bicyclic) bond motifs is 1. The maximum absolute atomic E-state index is 13.5. The van der Waals surface area contributed by atoms with E-state index in [1.54, 1.807) is 24.4 Å². The summed E-state index contributed by atoms with van der Waals surface area (Å²) >= 11 is 1.32. The maximum Gasteiger partial charge on any atom is 0.421 e. The molecule has 1 fully saturated rings. The van der Waals surface area contributed by atoms with Crippen molar-refractivity contribution in [3.05, 3.63) is 77.1 Å². The molecule has 206 valence electrons. The van der Waals surface area contributed by atoms with E-state index in [0.717, 1.165) is 21.8 Å². The highest BCUT2D eigenvalue weighted by Crippen LogP contribution is 2.43. The molecule has 5 rings (SSSR count). The Morgan fingerprint density at radius 3 is 2.49 bits per heavy atom. The Hall–Kier alpha value is -3.06. The lowest BCUT2D eigenvalue weighted by molar-refractivity contribution is -0.258. The van der Waals surface area contributed by atoms with E-state index in [4.69, 9.17) is 0 Å². The summed E-state index contributed by atoms with van der Waals surface area (Å²) in [6.45, 7) is 0.710. The van der Waals surface area contributed by atoms with Crippen LogP contribution in [0.4, 0.5) is 18.9 Å². The van der Waals surface area contributed by atoms with Crippen LogP contribution in [0, 0.1) is 0 Å². The van der Waals surface area contributed by atoms with Gasteiger partial charge in [-0.3, -0.25) is 9.97 Å². The van der Waals surface area contributed by atoms with Gasteiger partial charge in [-0.25, -0.2) is 13.1 Å². The summed E-state index contributed by atoms with van der Waals surface area (Å²) in [6.07, 6.45) is -0.813. The quantitative estimate of drug-likeness (QED) is 0.293. The zero-order valence-electron chi connectivity index (χ0n) is 21.4. The standard InChI is InChI=1S/C27H27F3N4O3S2/c1-26(35,27(28,29)30)17-11-13-31-20(15-17)19-7-4-6-16-14-22(38-25(16)19)24(33-39(36,37)18-9-10-18)23-21(34(2)3)8-5-12-32-23/h4-8,11-15,18,24,33,35H,9-10H2,1-3H3/t24?,26-/m1/s1. The first kappa shape index (κ1) is 27.5. The minimum atomic E-state index is -4.87. The highest BCUT2D eigenvalue weighted by Gasteiger charge is 2.51. The second kappa shape index (κ2) is 9.84. The summed E-state index contributed by atoms with van der Waals surface area (Å²) in [4.78, 5) is 11.4. The van der Waals surface area contributed by atoms with E-state index in [2.05, 4.69) is 14.7 Å². The van der Waals surface area contributed by atoms with Crippen molar-refractivity contribution in [1.82, 2.24) is 14.7 Å². The summed E-state index contributed by atoms with van der Waals surface area (Å²) < 4.78 is 70.3. The molecule has 1 aliphatic carbocycles. The van der Waals surface area contributed by atoms with Gasteiger partial charge in [0.2, 0.25) is 10.0 Å². The van der Waals surface area contributed by atoms with Crippen molar-refractivity contribution in [3.63, 3.8) is 0 Å². The van der Waals surface area contributed by atoms with Crippen LogP contribution in [0.3, 0.4) is 0 Å². The van der Waals surface area contributed by atoms with E-state index in [1.165, 1.54) is 23.6 Å². The van der Waals surface area contributed by atoms with Gasteiger partial charge < -0.3 is 10.0 Å². The molecule has 0 spiro atoms. The predicted octanol–water partition coefficient (Wildman–Crippen LogP) is 5.37. The monoisotopic (exact) mass is 576 g/mol. The van der Waals surface area contributed by atoms with Gasteiger partial charge in [0, 0.05) is 41.6 Å². The molecule has 2 atom stereocenters. The van der Waals surface area contributed by atoms with Gasteiger partial charge in [-0.05, 0) is 61.0 Å². The third-order valence-electron chi connectivity index (χ3n) is 6.81. The number of rotatable bonds is 8. The fourth-order valence-corrected chi connectivity index (χ4v) is 7.20. The number of nitrogens with one attached hydrogen (secondary N) is 1. The van der Waals surface area contributed by atoms with Gasteiger partial charge >= 0.3 is 6.18 Å². The van der Waals surface area contributed by atoms with Crippen LogP contribution < -0.4 is 9.62 Å². The van der Waals surface area contributed by atoms with Crippen LogP contribution in [0.2, 0.25) is 0 Å². The third kappa shape index (κ3) is 5.25. The highest BCUT2D eigenvalue weighted by molar-refractivity contribution is 7.90. The fraction of sp³-hybridized carbons (Fsp3) is 0.333. The number of halogens is 3. The molecule has 0 bridgehead atoms.